The lowest BCUT2D eigenvalue weighted by Crippen LogP contribution is -2.49. The van der Waals surface area contributed by atoms with Crippen molar-refractivity contribution in [2.75, 3.05) is 13.1 Å². The molecule has 1 rings (SSSR count). The number of hydrogen-bond donors (Lipinski definition) is 1. The highest BCUT2D eigenvalue weighted by molar-refractivity contribution is 5.76. The summed E-state index contributed by atoms with van der Waals surface area (Å²) in [6, 6.07) is 0.293. The molecule has 20 heavy (non-hydrogen) atoms. The predicted molar refractivity (Wildman–Crippen MR) is 85.6 cm³/mol. The summed E-state index contributed by atoms with van der Waals surface area (Å²) in [5.41, 5.74) is 5.86. The van der Waals surface area contributed by atoms with Crippen LogP contribution in [0.15, 0.2) is 0 Å². The van der Waals surface area contributed by atoms with Crippen molar-refractivity contribution in [1.29, 1.82) is 0 Å². The van der Waals surface area contributed by atoms with Crippen LogP contribution >= 0.6 is 0 Å². The van der Waals surface area contributed by atoms with Gasteiger partial charge in [0.2, 0.25) is 5.91 Å². The summed E-state index contributed by atoms with van der Waals surface area (Å²) in [7, 11) is 0. The Hall–Kier alpha value is -0.570. The SMILES string of the molecule is CCCCCCCCC(=O)N1CCC(CC)CC1CN. The van der Waals surface area contributed by atoms with E-state index >= 15 is 0 Å². The maximum absolute atomic E-state index is 12.3. The molecule has 1 heterocycles. The van der Waals surface area contributed by atoms with E-state index in [0.29, 0.717) is 18.5 Å². The molecular weight excluding hydrogens is 248 g/mol. The number of piperidine rings is 1. The molecule has 0 spiro atoms. The first-order valence-electron chi connectivity index (χ1n) is 8.72. The molecule has 1 fully saturated rings. The summed E-state index contributed by atoms with van der Waals surface area (Å²) in [5, 5.41) is 0. The second-order valence-corrected chi connectivity index (χ2v) is 6.29. The molecular formula is C17H34N2O. The quantitative estimate of drug-likeness (QED) is 0.655. The minimum absolute atomic E-state index is 0.293. The lowest BCUT2D eigenvalue weighted by Gasteiger charge is -2.39. The van der Waals surface area contributed by atoms with Crippen molar-refractivity contribution >= 4 is 5.91 Å². The van der Waals surface area contributed by atoms with Crippen molar-refractivity contribution in [3.63, 3.8) is 0 Å². The average molecular weight is 282 g/mol. The largest absolute Gasteiger partial charge is 0.338 e. The van der Waals surface area contributed by atoms with Crippen LogP contribution in [0.4, 0.5) is 0 Å². The van der Waals surface area contributed by atoms with Crippen LogP contribution in [-0.2, 0) is 4.79 Å². The number of nitrogens with zero attached hydrogens (tertiary/aromatic N) is 1. The smallest absolute Gasteiger partial charge is 0.222 e. The molecule has 1 aliphatic rings. The molecule has 3 nitrogen and oxygen atoms in total. The van der Waals surface area contributed by atoms with Crippen molar-refractivity contribution in [2.24, 2.45) is 11.7 Å². The fraction of sp³-hybridized carbons (Fsp3) is 0.941. The van der Waals surface area contributed by atoms with Gasteiger partial charge in [-0.1, -0.05) is 52.4 Å². The molecule has 118 valence electrons. The monoisotopic (exact) mass is 282 g/mol. The van der Waals surface area contributed by atoms with Gasteiger partial charge in [0.1, 0.15) is 0 Å². The maximum atomic E-state index is 12.3. The summed E-state index contributed by atoms with van der Waals surface area (Å²) < 4.78 is 0. The van der Waals surface area contributed by atoms with E-state index < -0.39 is 0 Å². The lowest BCUT2D eigenvalue weighted by atomic mass is 9.88. The molecule has 2 N–H and O–H groups in total. The van der Waals surface area contributed by atoms with E-state index in [2.05, 4.69) is 18.7 Å². The molecule has 0 bridgehead atoms. The van der Waals surface area contributed by atoms with Gasteiger partial charge in [-0.05, 0) is 25.2 Å². The van der Waals surface area contributed by atoms with E-state index in [-0.39, 0.29) is 0 Å². The molecule has 2 atom stereocenters. The van der Waals surface area contributed by atoms with Crippen LogP contribution in [0.3, 0.4) is 0 Å². The van der Waals surface area contributed by atoms with Crippen LogP contribution in [0.1, 0.15) is 78.1 Å². The molecule has 0 radical (unpaired) electrons. The Balaban J connectivity index is 2.24. The number of amides is 1. The molecule has 0 aromatic carbocycles. The zero-order valence-electron chi connectivity index (χ0n) is 13.6. The normalized spacial score (nSPS) is 23.1. The summed E-state index contributed by atoms with van der Waals surface area (Å²) in [6.45, 7) is 6.02. The summed E-state index contributed by atoms with van der Waals surface area (Å²) >= 11 is 0. The van der Waals surface area contributed by atoms with Gasteiger partial charge in [-0.2, -0.15) is 0 Å². The van der Waals surface area contributed by atoms with Crippen LogP contribution < -0.4 is 5.73 Å². The number of nitrogens with two attached hydrogens (primary N) is 1. The lowest BCUT2D eigenvalue weighted by molar-refractivity contribution is -0.135. The van der Waals surface area contributed by atoms with Gasteiger partial charge in [0.15, 0.2) is 0 Å². The van der Waals surface area contributed by atoms with E-state index in [1.54, 1.807) is 0 Å². The van der Waals surface area contributed by atoms with Gasteiger partial charge >= 0.3 is 0 Å². The maximum Gasteiger partial charge on any atom is 0.222 e. The number of carbonyl (C=O) groups excluding carboxylic acids is 1. The topological polar surface area (TPSA) is 46.3 Å². The highest BCUT2D eigenvalue weighted by atomic mass is 16.2. The number of carbonyl (C=O) groups is 1. The van der Waals surface area contributed by atoms with Crippen LogP contribution in [0.2, 0.25) is 0 Å². The fourth-order valence-corrected chi connectivity index (χ4v) is 3.26. The standard InChI is InChI=1S/C17H34N2O/c1-3-5-6-7-8-9-10-17(20)19-12-11-15(4-2)13-16(19)14-18/h15-16H,3-14,18H2,1-2H3. The fourth-order valence-electron chi connectivity index (χ4n) is 3.26. The third kappa shape index (κ3) is 5.82. The summed E-state index contributed by atoms with van der Waals surface area (Å²) in [6.07, 6.45) is 11.7. The third-order valence-electron chi connectivity index (χ3n) is 4.74. The Morgan fingerprint density at radius 1 is 1.15 bits per heavy atom. The van der Waals surface area contributed by atoms with E-state index in [9.17, 15) is 4.79 Å². The first kappa shape index (κ1) is 17.5. The van der Waals surface area contributed by atoms with Gasteiger partial charge < -0.3 is 10.6 Å². The Morgan fingerprint density at radius 2 is 1.85 bits per heavy atom. The summed E-state index contributed by atoms with van der Waals surface area (Å²) in [4.78, 5) is 14.4. The van der Waals surface area contributed by atoms with Crippen LogP contribution in [0, 0.1) is 5.92 Å². The zero-order chi connectivity index (χ0) is 14.8. The second kappa shape index (κ2) is 10.2. The Morgan fingerprint density at radius 3 is 2.50 bits per heavy atom. The molecule has 3 heteroatoms. The summed E-state index contributed by atoms with van der Waals surface area (Å²) in [5.74, 6) is 1.10. The Kier molecular flexibility index (Phi) is 8.92. The number of likely N-dealkylation sites (tertiary alicyclic amines) is 1. The number of rotatable bonds is 9. The highest BCUT2D eigenvalue weighted by Gasteiger charge is 2.29. The second-order valence-electron chi connectivity index (χ2n) is 6.29. The minimum Gasteiger partial charge on any atom is -0.338 e. The molecule has 1 saturated heterocycles. The highest BCUT2D eigenvalue weighted by Crippen LogP contribution is 2.25. The van der Waals surface area contributed by atoms with Crippen LogP contribution in [0.5, 0.6) is 0 Å². The van der Waals surface area contributed by atoms with Crippen molar-refractivity contribution in [1.82, 2.24) is 4.90 Å². The van der Waals surface area contributed by atoms with Crippen molar-refractivity contribution in [3.8, 4) is 0 Å². The van der Waals surface area contributed by atoms with Crippen LogP contribution in [0.25, 0.3) is 0 Å². The van der Waals surface area contributed by atoms with Crippen molar-refractivity contribution in [2.45, 2.75) is 84.1 Å². The molecule has 1 amide bonds. The molecule has 2 unspecified atom stereocenters. The molecule has 1 aliphatic heterocycles. The van der Waals surface area contributed by atoms with Gasteiger partial charge in [0.05, 0.1) is 0 Å². The molecule has 0 saturated carbocycles. The van der Waals surface area contributed by atoms with E-state index in [0.717, 1.165) is 38.1 Å². The first-order chi connectivity index (χ1) is 9.72. The number of unbranched alkanes of at least 4 members (excludes halogenated alkanes) is 5. The predicted octanol–water partition coefficient (Wildman–Crippen LogP) is 3.71. The van der Waals surface area contributed by atoms with Gasteiger partial charge in [0.25, 0.3) is 0 Å². The van der Waals surface area contributed by atoms with E-state index in [1.165, 1.54) is 38.5 Å². The van der Waals surface area contributed by atoms with Crippen molar-refractivity contribution < 1.29 is 4.79 Å². The van der Waals surface area contributed by atoms with Gasteiger partial charge in [0, 0.05) is 25.6 Å². The Bertz CT molecular complexity index is 268. The average Bonchev–Trinajstić information content (AvgIpc) is 2.49. The molecule has 0 aromatic heterocycles. The van der Waals surface area contributed by atoms with Gasteiger partial charge in [-0.3, -0.25) is 4.79 Å². The van der Waals surface area contributed by atoms with Crippen molar-refractivity contribution in [3.05, 3.63) is 0 Å². The van der Waals surface area contributed by atoms with E-state index in [4.69, 9.17) is 5.73 Å². The van der Waals surface area contributed by atoms with Gasteiger partial charge in [-0.25, -0.2) is 0 Å². The number of hydrogen-bond acceptors (Lipinski definition) is 2. The first-order valence-corrected chi connectivity index (χ1v) is 8.72. The third-order valence-corrected chi connectivity index (χ3v) is 4.74. The van der Waals surface area contributed by atoms with E-state index in [1.807, 2.05) is 0 Å². The Labute approximate surface area is 125 Å². The molecule has 0 aromatic rings. The zero-order valence-corrected chi connectivity index (χ0v) is 13.6. The minimum atomic E-state index is 0.293. The molecule has 0 aliphatic carbocycles. The van der Waals surface area contributed by atoms with Crippen LogP contribution in [-0.4, -0.2) is 29.9 Å². The van der Waals surface area contributed by atoms with Gasteiger partial charge in [-0.15, -0.1) is 0 Å².